The number of benzene rings is 1. The van der Waals surface area contributed by atoms with E-state index in [9.17, 15) is 9.00 Å². The predicted molar refractivity (Wildman–Crippen MR) is 98.7 cm³/mol. The van der Waals surface area contributed by atoms with Gasteiger partial charge in [0.25, 0.3) is 0 Å². The van der Waals surface area contributed by atoms with Crippen LogP contribution in [0.2, 0.25) is 0 Å². The highest BCUT2D eigenvalue weighted by Gasteiger charge is 2.20. The molecular formula is C17H22N2O3S2. The number of amides is 1. The Balaban J connectivity index is 1.99. The van der Waals surface area contributed by atoms with Crippen molar-refractivity contribution in [2.24, 2.45) is 0 Å². The van der Waals surface area contributed by atoms with Crippen LogP contribution in [0.1, 0.15) is 26.0 Å². The predicted octanol–water partition coefficient (Wildman–Crippen LogP) is 2.98. The smallest absolute Gasteiger partial charge is 0.235 e. The first-order chi connectivity index (χ1) is 11.5. The van der Waals surface area contributed by atoms with Gasteiger partial charge in [-0.1, -0.05) is 6.92 Å². The molecule has 0 aliphatic heterocycles. The Kier molecular flexibility index (Phi) is 6.93. The van der Waals surface area contributed by atoms with Crippen molar-refractivity contribution in [3.8, 4) is 16.3 Å². The standard InChI is InChI=1S/C17H22N2O3S2/c1-4-9-18-16(20)12(2)24(21)11-14-10-23-17(19-14)13-5-7-15(22-3)8-6-13/h5-8,10,12H,4,9,11H2,1-3H3,(H,18,20)/t12-,24+/m0/s1. The number of nitrogens with zero attached hydrogens (tertiary/aromatic N) is 1. The lowest BCUT2D eigenvalue weighted by Gasteiger charge is -2.10. The molecule has 2 atom stereocenters. The molecule has 0 spiro atoms. The number of rotatable bonds is 8. The fraction of sp³-hybridized carbons (Fsp3) is 0.412. The molecule has 0 fully saturated rings. The lowest BCUT2D eigenvalue weighted by molar-refractivity contribution is -0.120. The molecule has 0 aliphatic rings. The number of hydrogen-bond donors (Lipinski definition) is 1. The summed E-state index contributed by atoms with van der Waals surface area (Å²) in [5.41, 5.74) is 1.74. The number of nitrogens with one attached hydrogen (secondary N) is 1. The SMILES string of the molecule is CCCNC(=O)[C@H](C)[S@](=O)Cc1csc(-c2ccc(OC)cc2)n1. The number of hydrogen-bond acceptors (Lipinski definition) is 5. The average molecular weight is 367 g/mol. The highest BCUT2D eigenvalue weighted by Crippen LogP contribution is 2.26. The van der Waals surface area contributed by atoms with Crippen molar-refractivity contribution in [1.82, 2.24) is 10.3 Å². The minimum absolute atomic E-state index is 0.166. The third-order valence-corrected chi connectivity index (χ3v) is 6.01. The second-order valence-corrected chi connectivity index (χ2v) is 7.95. The number of thiazole rings is 1. The summed E-state index contributed by atoms with van der Waals surface area (Å²) < 4.78 is 17.5. The maximum absolute atomic E-state index is 12.3. The average Bonchev–Trinajstić information content (AvgIpc) is 3.07. The number of aromatic nitrogens is 1. The van der Waals surface area contributed by atoms with Gasteiger partial charge in [-0.15, -0.1) is 11.3 Å². The molecule has 0 saturated carbocycles. The number of carbonyl (C=O) groups is 1. The first-order valence-corrected chi connectivity index (χ1v) is 10.0. The molecule has 0 bridgehead atoms. The van der Waals surface area contributed by atoms with Crippen LogP contribution in [0, 0.1) is 0 Å². The van der Waals surface area contributed by atoms with Crippen LogP contribution in [0.4, 0.5) is 0 Å². The number of methoxy groups -OCH3 is 1. The summed E-state index contributed by atoms with van der Waals surface area (Å²) >= 11 is 1.51. The summed E-state index contributed by atoms with van der Waals surface area (Å²) in [6.45, 7) is 4.29. The van der Waals surface area contributed by atoms with Crippen molar-refractivity contribution in [2.75, 3.05) is 13.7 Å². The van der Waals surface area contributed by atoms with Crippen molar-refractivity contribution in [1.29, 1.82) is 0 Å². The minimum Gasteiger partial charge on any atom is -0.497 e. The van der Waals surface area contributed by atoms with E-state index >= 15 is 0 Å². The molecule has 2 aromatic rings. The van der Waals surface area contributed by atoms with Gasteiger partial charge >= 0.3 is 0 Å². The van der Waals surface area contributed by atoms with Crippen LogP contribution in [0.25, 0.3) is 10.6 Å². The quantitative estimate of drug-likeness (QED) is 0.780. The molecule has 1 amide bonds. The van der Waals surface area contributed by atoms with E-state index in [2.05, 4.69) is 10.3 Å². The van der Waals surface area contributed by atoms with Gasteiger partial charge in [-0.3, -0.25) is 9.00 Å². The van der Waals surface area contributed by atoms with E-state index in [0.717, 1.165) is 28.4 Å². The fourth-order valence-electron chi connectivity index (χ4n) is 2.02. The van der Waals surface area contributed by atoms with Gasteiger partial charge in [0, 0.05) is 28.3 Å². The van der Waals surface area contributed by atoms with E-state index < -0.39 is 16.0 Å². The molecule has 1 N–H and O–H groups in total. The Labute approximate surface area is 148 Å². The molecule has 130 valence electrons. The molecule has 1 aromatic heterocycles. The zero-order valence-corrected chi connectivity index (χ0v) is 15.7. The first kappa shape index (κ1) is 18.6. The van der Waals surface area contributed by atoms with Crippen LogP contribution in [0.15, 0.2) is 29.6 Å². The fourth-order valence-corrected chi connectivity index (χ4v) is 3.96. The Morgan fingerprint density at radius 1 is 1.38 bits per heavy atom. The van der Waals surface area contributed by atoms with Gasteiger partial charge in [-0.2, -0.15) is 0 Å². The van der Waals surface area contributed by atoms with Crippen LogP contribution in [0.5, 0.6) is 5.75 Å². The molecule has 24 heavy (non-hydrogen) atoms. The van der Waals surface area contributed by atoms with E-state index in [1.807, 2.05) is 36.6 Å². The van der Waals surface area contributed by atoms with E-state index in [1.54, 1.807) is 14.0 Å². The van der Waals surface area contributed by atoms with E-state index in [1.165, 1.54) is 11.3 Å². The van der Waals surface area contributed by atoms with Crippen molar-refractivity contribution in [3.63, 3.8) is 0 Å². The van der Waals surface area contributed by atoms with E-state index in [0.29, 0.717) is 6.54 Å². The monoisotopic (exact) mass is 366 g/mol. The molecule has 5 nitrogen and oxygen atoms in total. The lowest BCUT2D eigenvalue weighted by Crippen LogP contribution is -2.36. The van der Waals surface area contributed by atoms with Gasteiger partial charge in [-0.25, -0.2) is 4.98 Å². The summed E-state index contributed by atoms with van der Waals surface area (Å²) in [6, 6.07) is 7.65. The van der Waals surface area contributed by atoms with Gasteiger partial charge in [-0.05, 0) is 37.6 Å². The summed E-state index contributed by atoms with van der Waals surface area (Å²) in [4.78, 5) is 16.4. The summed E-state index contributed by atoms with van der Waals surface area (Å²) in [5, 5.41) is 5.01. The molecule has 0 unspecified atom stereocenters. The first-order valence-electron chi connectivity index (χ1n) is 7.78. The molecule has 0 aliphatic carbocycles. The maximum atomic E-state index is 12.3. The van der Waals surface area contributed by atoms with Crippen molar-refractivity contribution in [3.05, 3.63) is 35.3 Å². The second kappa shape index (κ2) is 8.94. The topological polar surface area (TPSA) is 68.3 Å². The molecular weight excluding hydrogens is 344 g/mol. The summed E-state index contributed by atoms with van der Waals surface area (Å²) in [7, 11) is 0.343. The lowest BCUT2D eigenvalue weighted by atomic mass is 10.2. The van der Waals surface area contributed by atoms with Crippen LogP contribution >= 0.6 is 11.3 Å². The zero-order valence-electron chi connectivity index (χ0n) is 14.1. The molecule has 0 saturated heterocycles. The van der Waals surface area contributed by atoms with Crippen LogP contribution in [0.3, 0.4) is 0 Å². The maximum Gasteiger partial charge on any atom is 0.235 e. The molecule has 2 rings (SSSR count). The Hall–Kier alpha value is -1.73. The molecule has 1 heterocycles. The molecule has 0 radical (unpaired) electrons. The van der Waals surface area contributed by atoms with Gasteiger partial charge in [0.1, 0.15) is 16.0 Å². The number of ether oxygens (including phenoxy) is 1. The zero-order chi connectivity index (χ0) is 17.5. The van der Waals surface area contributed by atoms with E-state index in [-0.39, 0.29) is 11.7 Å². The Morgan fingerprint density at radius 2 is 2.08 bits per heavy atom. The Morgan fingerprint density at radius 3 is 2.71 bits per heavy atom. The van der Waals surface area contributed by atoms with Gasteiger partial charge in [0.15, 0.2) is 0 Å². The van der Waals surface area contributed by atoms with Gasteiger partial charge in [0.05, 0.1) is 18.6 Å². The third kappa shape index (κ3) is 4.88. The van der Waals surface area contributed by atoms with Gasteiger partial charge < -0.3 is 10.1 Å². The number of carbonyl (C=O) groups excluding carboxylic acids is 1. The normalized spacial score (nSPS) is 13.3. The van der Waals surface area contributed by atoms with Crippen molar-refractivity contribution in [2.45, 2.75) is 31.3 Å². The van der Waals surface area contributed by atoms with Crippen LogP contribution < -0.4 is 10.1 Å². The third-order valence-electron chi connectivity index (χ3n) is 3.49. The van der Waals surface area contributed by atoms with Crippen molar-refractivity contribution < 1.29 is 13.7 Å². The van der Waals surface area contributed by atoms with E-state index in [4.69, 9.17) is 4.74 Å². The highest BCUT2D eigenvalue weighted by atomic mass is 32.2. The van der Waals surface area contributed by atoms with Crippen LogP contribution in [-0.2, 0) is 21.3 Å². The second-order valence-electron chi connectivity index (χ2n) is 5.33. The summed E-state index contributed by atoms with van der Waals surface area (Å²) in [6.07, 6.45) is 0.863. The molecule has 7 heteroatoms. The largest absolute Gasteiger partial charge is 0.497 e. The molecule has 1 aromatic carbocycles. The Bertz CT molecular complexity index is 698. The van der Waals surface area contributed by atoms with Crippen molar-refractivity contribution >= 4 is 28.0 Å². The highest BCUT2D eigenvalue weighted by molar-refractivity contribution is 7.85. The minimum atomic E-state index is -1.29. The van der Waals surface area contributed by atoms with Crippen LogP contribution in [-0.4, -0.2) is 34.0 Å². The van der Waals surface area contributed by atoms with Gasteiger partial charge in [0.2, 0.25) is 5.91 Å². The summed E-state index contributed by atoms with van der Waals surface area (Å²) in [5.74, 6) is 0.914.